The first-order chi connectivity index (χ1) is 14.8. The molecule has 0 saturated heterocycles. The first-order valence-corrected chi connectivity index (χ1v) is 11.5. The fraction of sp³-hybridized carbons (Fsp3) is 0.583. The first-order valence-electron chi connectivity index (χ1n) is 11.5. The molecule has 0 bridgehead atoms. The minimum atomic E-state index is 0.0475. The zero-order chi connectivity index (χ0) is 22.4. The van der Waals surface area contributed by atoms with Gasteiger partial charge in [0.1, 0.15) is 0 Å². The maximum absolute atomic E-state index is 13.9. The molecular weight excluding hydrogens is 388 g/mol. The molecule has 0 spiro atoms. The Balaban J connectivity index is 1.79. The predicted molar refractivity (Wildman–Crippen MR) is 122 cm³/mol. The van der Waals surface area contributed by atoms with E-state index in [0.29, 0.717) is 19.0 Å². The molecule has 1 amide bonds. The summed E-state index contributed by atoms with van der Waals surface area (Å²) >= 11 is 0. The highest BCUT2D eigenvalue weighted by Crippen LogP contribution is 2.41. The van der Waals surface area contributed by atoms with Crippen molar-refractivity contribution in [3.63, 3.8) is 0 Å². The van der Waals surface area contributed by atoms with Crippen LogP contribution in [0.5, 0.6) is 0 Å². The molecule has 31 heavy (non-hydrogen) atoms. The summed E-state index contributed by atoms with van der Waals surface area (Å²) in [5.41, 5.74) is 6.73. The number of aryl methyl sites for hydroxylation is 3. The zero-order valence-corrected chi connectivity index (χ0v) is 19.9. The van der Waals surface area contributed by atoms with E-state index in [0.717, 1.165) is 64.3 Å². The number of pyridine rings is 1. The normalized spacial score (nSPS) is 14.1. The summed E-state index contributed by atoms with van der Waals surface area (Å²) < 4.78 is 3.97. The van der Waals surface area contributed by atoms with Crippen LogP contribution in [-0.4, -0.2) is 41.9 Å². The van der Waals surface area contributed by atoms with Gasteiger partial charge in [-0.1, -0.05) is 0 Å². The number of nitrogens with zero attached hydrogens (tertiary/aromatic N) is 6. The number of carbonyl (C=O) groups excluding carboxylic acids is 1. The average molecular weight is 423 g/mol. The van der Waals surface area contributed by atoms with E-state index < -0.39 is 0 Å². The van der Waals surface area contributed by atoms with Crippen LogP contribution >= 0.6 is 0 Å². The molecule has 0 atom stereocenters. The quantitative estimate of drug-likeness (QED) is 0.554. The molecule has 0 N–H and O–H groups in total. The summed E-state index contributed by atoms with van der Waals surface area (Å²) in [6, 6.07) is 2.22. The molecule has 0 aliphatic heterocycles. The molecule has 3 aromatic rings. The van der Waals surface area contributed by atoms with E-state index in [-0.39, 0.29) is 11.9 Å². The van der Waals surface area contributed by atoms with E-state index in [1.54, 1.807) is 0 Å². The Hall–Kier alpha value is -2.70. The molecule has 166 valence electrons. The highest BCUT2D eigenvalue weighted by molar-refractivity contribution is 6.06. The Morgan fingerprint density at radius 1 is 1.16 bits per heavy atom. The fourth-order valence-corrected chi connectivity index (χ4v) is 4.41. The Bertz CT molecular complexity index is 1140. The van der Waals surface area contributed by atoms with Gasteiger partial charge < -0.3 is 4.90 Å². The molecule has 3 aromatic heterocycles. The molecule has 0 radical (unpaired) electrons. The zero-order valence-electron chi connectivity index (χ0n) is 19.9. The third-order valence-corrected chi connectivity index (χ3v) is 6.42. The van der Waals surface area contributed by atoms with Crippen molar-refractivity contribution in [3.05, 3.63) is 40.0 Å². The second kappa shape index (κ2) is 8.09. The van der Waals surface area contributed by atoms with Crippen molar-refractivity contribution in [1.29, 1.82) is 0 Å². The lowest BCUT2D eigenvalue weighted by molar-refractivity contribution is 0.0754. The Morgan fingerprint density at radius 2 is 1.87 bits per heavy atom. The standard InChI is InChI=1S/C24H34N6O/c1-8-28(13-20-15(5)26-29(9-2)17(20)7)24(31)19-12-21(18-10-11-18)25-23-22(19)16(6)27-30(23)14(3)4/h12,14,18H,8-11,13H2,1-7H3. The van der Waals surface area contributed by atoms with E-state index in [9.17, 15) is 4.79 Å². The smallest absolute Gasteiger partial charge is 0.255 e. The topological polar surface area (TPSA) is 68.8 Å². The van der Waals surface area contributed by atoms with Crippen LogP contribution in [-0.2, 0) is 13.1 Å². The van der Waals surface area contributed by atoms with E-state index >= 15 is 0 Å². The molecular formula is C24H34N6O. The Labute approximate surface area is 184 Å². The van der Waals surface area contributed by atoms with Crippen molar-refractivity contribution < 1.29 is 4.79 Å². The molecule has 7 heteroatoms. The highest BCUT2D eigenvalue weighted by Gasteiger charge is 2.30. The summed E-state index contributed by atoms with van der Waals surface area (Å²) in [6.07, 6.45) is 2.29. The van der Waals surface area contributed by atoms with Gasteiger partial charge in [0.15, 0.2) is 5.65 Å². The van der Waals surface area contributed by atoms with Gasteiger partial charge in [-0.15, -0.1) is 0 Å². The van der Waals surface area contributed by atoms with Gasteiger partial charge in [0.2, 0.25) is 0 Å². The number of aromatic nitrogens is 5. The third kappa shape index (κ3) is 3.75. The number of amides is 1. The van der Waals surface area contributed by atoms with Crippen LogP contribution < -0.4 is 0 Å². The summed E-state index contributed by atoms with van der Waals surface area (Å²) in [6.45, 7) is 16.5. The van der Waals surface area contributed by atoms with Crippen molar-refractivity contribution in [2.45, 2.75) is 86.4 Å². The molecule has 3 heterocycles. The van der Waals surface area contributed by atoms with Crippen LogP contribution in [0.3, 0.4) is 0 Å². The van der Waals surface area contributed by atoms with Gasteiger partial charge in [-0.3, -0.25) is 9.48 Å². The maximum atomic E-state index is 13.9. The molecule has 1 saturated carbocycles. The van der Waals surface area contributed by atoms with E-state index in [2.05, 4.69) is 32.8 Å². The largest absolute Gasteiger partial charge is 0.334 e. The number of hydrogen-bond acceptors (Lipinski definition) is 4. The molecule has 0 aromatic carbocycles. The van der Waals surface area contributed by atoms with Gasteiger partial charge in [-0.2, -0.15) is 10.2 Å². The second-order valence-corrected chi connectivity index (χ2v) is 8.98. The van der Waals surface area contributed by atoms with E-state index in [1.165, 1.54) is 0 Å². The van der Waals surface area contributed by atoms with Crippen molar-refractivity contribution in [1.82, 2.24) is 29.4 Å². The second-order valence-electron chi connectivity index (χ2n) is 8.98. The van der Waals surface area contributed by atoms with Crippen LogP contribution in [0.2, 0.25) is 0 Å². The summed E-state index contributed by atoms with van der Waals surface area (Å²) in [7, 11) is 0. The molecule has 4 rings (SSSR count). The number of carbonyl (C=O) groups is 1. The Morgan fingerprint density at radius 3 is 2.42 bits per heavy atom. The predicted octanol–water partition coefficient (Wildman–Crippen LogP) is 4.69. The monoisotopic (exact) mass is 422 g/mol. The lowest BCUT2D eigenvalue weighted by Crippen LogP contribution is -2.31. The van der Waals surface area contributed by atoms with Gasteiger partial charge in [-0.25, -0.2) is 9.67 Å². The van der Waals surface area contributed by atoms with Gasteiger partial charge in [0.25, 0.3) is 5.91 Å². The minimum Gasteiger partial charge on any atom is -0.334 e. The van der Waals surface area contributed by atoms with Gasteiger partial charge in [0, 0.05) is 48.5 Å². The fourth-order valence-electron chi connectivity index (χ4n) is 4.41. The van der Waals surface area contributed by atoms with E-state index in [1.807, 2.05) is 41.1 Å². The van der Waals surface area contributed by atoms with Gasteiger partial charge in [-0.05, 0) is 67.4 Å². The van der Waals surface area contributed by atoms with Crippen molar-refractivity contribution in [2.75, 3.05) is 6.54 Å². The van der Waals surface area contributed by atoms with Crippen LogP contribution in [0.1, 0.15) is 91.2 Å². The van der Waals surface area contributed by atoms with Gasteiger partial charge in [0.05, 0.1) is 22.3 Å². The maximum Gasteiger partial charge on any atom is 0.255 e. The van der Waals surface area contributed by atoms with E-state index in [4.69, 9.17) is 10.1 Å². The van der Waals surface area contributed by atoms with Crippen molar-refractivity contribution in [2.24, 2.45) is 0 Å². The highest BCUT2D eigenvalue weighted by atomic mass is 16.2. The van der Waals surface area contributed by atoms with Crippen molar-refractivity contribution in [3.8, 4) is 0 Å². The number of rotatable bonds is 7. The lowest BCUT2D eigenvalue weighted by atomic mass is 10.1. The summed E-state index contributed by atoms with van der Waals surface area (Å²) in [4.78, 5) is 20.7. The summed E-state index contributed by atoms with van der Waals surface area (Å²) in [5.74, 6) is 0.514. The first kappa shape index (κ1) is 21.5. The van der Waals surface area contributed by atoms with Crippen LogP contribution in [0.4, 0.5) is 0 Å². The number of fused-ring (bicyclic) bond motifs is 1. The van der Waals surface area contributed by atoms with Crippen LogP contribution in [0.15, 0.2) is 6.07 Å². The molecule has 1 fully saturated rings. The molecule has 7 nitrogen and oxygen atoms in total. The third-order valence-electron chi connectivity index (χ3n) is 6.42. The molecule has 1 aliphatic carbocycles. The molecule has 0 unspecified atom stereocenters. The van der Waals surface area contributed by atoms with Gasteiger partial charge >= 0.3 is 0 Å². The lowest BCUT2D eigenvalue weighted by Gasteiger charge is -2.22. The minimum absolute atomic E-state index is 0.0475. The van der Waals surface area contributed by atoms with Crippen LogP contribution in [0, 0.1) is 20.8 Å². The van der Waals surface area contributed by atoms with Crippen molar-refractivity contribution >= 4 is 16.9 Å². The van der Waals surface area contributed by atoms with Crippen LogP contribution in [0.25, 0.3) is 11.0 Å². The average Bonchev–Trinajstić information content (AvgIpc) is 3.49. The number of hydrogen-bond donors (Lipinski definition) is 0. The summed E-state index contributed by atoms with van der Waals surface area (Å²) in [5, 5.41) is 10.3. The SMILES string of the molecule is CCN(Cc1c(C)nn(CC)c1C)C(=O)c1cc(C2CC2)nc2c1c(C)nn2C(C)C. The molecule has 1 aliphatic rings. The Kier molecular flexibility index (Phi) is 5.62.